The lowest BCUT2D eigenvalue weighted by Gasteiger charge is -2.41. The highest BCUT2D eigenvalue weighted by atomic mass is 16.5. The van der Waals surface area contributed by atoms with Gasteiger partial charge in [0.25, 0.3) is 0 Å². The molecule has 1 N–H and O–H groups in total. The molecular weight excluding hydrogens is 490 g/mol. The number of carbonyl (C=O) groups is 1. The molecule has 0 saturated heterocycles. The average molecular weight is 531 g/mol. The van der Waals surface area contributed by atoms with E-state index in [1.807, 2.05) is 42.2 Å². The maximum absolute atomic E-state index is 11.9. The zero-order valence-corrected chi connectivity index (χ0v) is 23.1. The van der Waals surface area contributed by atoms with Crippen molar-refractivity contribution in [2.24, 2.45) is 7.05 Å². The van der Waals surface area contributed by atoms with Gasteiger partial charge in [-0.1, -0.05) is 43.7 Å². The summed E-state index contributed by atoms with van der Waals surface area (Å²) in [7, 11) is 1.94. The molecule has 0 fully saturated rings. The van der Waals surface area contributed by atoms with Gasteiger partial charge in [-0.2, -0.15) is 5.10 Å². The van der Waals surface area contributed by atoms with Crippen LogP contribution in [0.4, 0.5) is 0 Å². The van der Waals surface area contributed by atoms with Gasteiger partial charge in [0.2, 0.25) is 0 Å². The predicted molar refractivity (Wildman–Crippen MR) is 153 cm³/mol. The lowest BCUT2D eigenvalue weighted by Crippen LogP contribution is -2.46. The van der Waals surface area contributed by atoms with Gasteiger partial charge in [-0.15, -0.1) is 0 Å². The van der Waals surface area contributed by atoms with Gasteiger partial charge in [0.05, 0.1) is 19.3 Å². The summed E-state index contributed by atoms with van der Waals surface area (Å²) in [6, 6.07) is 18.7. The van der Waals surface area contributed by atoms with Crippen LogP contribution < -0.4 is 4.74 Å². The largest absolute Gasteiger partial charge is 0.491 e. The third kappa shape index (κ3) is 7.91. The van der Waals surface area contributed by atoms with E-state index in [0.717, 1.165) is 68.1 Å². The van der Waals surface area contributed by atoms with E-state index < -0.39 is 5.97 Å². The fourth-order valence-corrected chi connectivity index (χ4v) is 5.17. The Morgan fingerprint density at radius 1 is 1.00 bits per heavy atom. The normalized spacial score (nSPS) is 17.6. The Kier molecular flexibility index (Phi) is 10.1. The van der Waals surface area contributed by atoms with Gasteiger partial charge in [0.15, 0.2) is 0 Å². The molecular formula is C32H40N3O4+. The second-order valence-corrected chi connectivity index (χ2v) is 10.2. The summed E-state index contributed by atoms with van der Waals surface area (Å²) in [4.78, 5) is 11.9. The van der Waals surface area contributed by atoms with Crippen molar-refractivity contribution in [3.63, 3.8) is 0 Å². The van der Waals surface area contributed by atoms with Gasteiger partial charge in [0, 0.05) is 54.6 Å². The van der Waals surface area contributed by atoms with Crippen molar-refractivity contribution in [3.05, 3.63) is 101 Å². The number of aromatic nitrogens is 2. The van der Waals surface area contributed by atoms with Crippen LogP contribution in [0.1, 0.15) is 49.3 Å². The van der Waals surface area contributed by atoms with E-state index in [2.05, 4.69) is 54.6 Å². The molecule has 1 atom stereocenters. The molecule has 0 spiro atoms. The zero-order valence-electron chi connectivity index (χ0n) is 23.1. The summed E-state index contributed by atoms with van der Waals surface area (Å²) in [5, 5.41) is 14.2. The quantitative estimate of drug-likeness (QED) is 0.217. The number of hydrogen-bond donors (Lipinski definition) is 1. The molecule has 1 aliphatic rings. The topological polar surface area (TPSA) is 73.6 Å². The van der Waals surface area contributed by atoms with E-state index >= 15 is 0 Å². The molecule has 39 heavy (non-hydrogen) atoms. The number of aliphatic carboxylic acids is 1. The molecule has 206 valence electrons. The number of hydrogen-bond acceptors (Lipinski definition) is 4. The van der Waals surface area contributed by atoms with Gasteiger partial charge in [-0.3, -0.25) is 9.16 Å². The number of carboxylic acid groups (broad SMARTS) is 1. The summed E-state index contributed by atoms with van der Waals surface area (Å²) >= 11 is 0. The van der Waals surface area contributed by atoms with Crippen LogP contribution in [-0.4, -0.2) is 51.7 Å². The van der Waals surface area contributed by atoms with Crippen molar-refractivity contribution in [1.29, 1.82) is 0 Å². The predicted octanol–water partition coefficient (Wildman–Crippen LogP) is 5.98. The second kappa shape index (κ2) is 13.9. The Morgan fingerprint density at radius 2 is 1.77 bits per heavy atom. The molecule has 4 rings (SSSR count). The Labute approximate surface area is 231 Å². The molecule has 2 aromatic carbocycles. The lowest BCUT2D eigenvalue weighted by atomic mass is 9.98. The first kappa shape index (κ1) is 28.3. The number of nitrogens with zero attached hydrogens (tertiary/aromatic N) is 3. The van der Waals surface area contributed by atoms with E-state index in [-0.39, 0.29) is 0 Å². The van der Waals surface area contributed by atoms with Crippen LogP contribution in [0.15, 0.2) is 84.7 Å². The summed E-state index contributed by atoms with van der Waals surface area (Å²) in [5.74, 6) is -0.0645. The van der Waals surface area contributed by atoms with Crippen molar-refractivity contribution in [3.8, 4) is 5.75 Å². The molecule has 2 heterocycles. The van der Waals surface area contributed by atoms with Crippen LogP contribution in [0.25, 0.3) is 5.70 Å². The molecule has 1 aliphatic heterocycles. The van der Waals surface area contributed by atoms with Gasteiger partial charge in [-0.25, -0.2) is 4.79 Å². The number of allylic oxidation sites excluding steroid dienone is 2. The fourth-order valence-electron chi connectivity index (χ4n) is 5.17. The molecule has 0 saturated carbocycles. The van der Waals surface area contributed by atoms with Crippen LogP contribution in [-0.2, 0) is 29.7 Å². The zero-order chi connectivity index (χ0) is 27.5. The number of rotatable bonds is 13. The fraction of sp³-hybridized carbons (Fsp3) is 0.375. The van der Waals surface area contributed by atoms with Crippen molar-refractivity contribution >= 4 is 11.7 Å². The van der Waals surface area contributed by atoms with E-state index in [9.17, 15) is 9.90 Å². The van der Waals surface area contributed by atoms with Gasteiger partial charge in [0.1, 0.15) is 31.1 Å². The Morgan fingerprint density at radius 3 is 2.46 bits per heavy atom. The van der Waals surface area contributed by atoms with Crippen molar-refractivity contribution in [2.45, 2.75) is 45.7 Å². The Hall–Kier alpha value is -3.68. The molecule has 0 amide bonds. The van der Waals surface area contributed by atoms with Crippen molar-refractivity contribution in [1.82, 2.24) is 9.78 Å². The van der Waals surface area contributed by atoms with E-state index in [1.54, 1.807) is 6.08 Å². The van der Waals surface area contributed by atoms with E-state index in [0.29, 0.717) is 29.7 Å². The molecule has 3 aromatic rings. The minimum atomic E-state index is -0.856. The number of benzene rings is 2. The smallest absolute Gasteiger partial charge is 0.331 e. The summed E-state index contributed by atoms with van der Waals surface area (Å²) in [6.07, 6.45) is 11.3. The van der Waals surface area contributed by atoms with E-state index in [1.165, 1.54) is 5.56 Å². The van der Waals surface area contributed by atoms with Crippen molar-refractivity contribution in [2.75, 3.05) is 26.4 Å². The lowest BCUT2D eigenvalue weighted by molar-refractivity contribution is -0.887. The van der Waals surface area contributed by atoms with E-state index in [4.69, 9.17) is 9.47 Å². The van der Waals surface area contributed by atoms with Crippen LogP contribution in [0.2, 0.25) is 0 Å². The number of ether oxygens (including phenoxy) is 2. The van der Waals surface area contributed by atoms with Gasteiger partial charge >= 0.3 is 5.97 Å². The minimum absolute atomic E-state index is 0.439. The van der Waals surface area contributed by atoms with Gasteiger partial charge in [-0.05, 0) is 43.2 Å². The SMILES string of the molecule is CCCCOCCOc1ccc(C2=CC=C(C(=O)O)CCC[N+]2(Cc2ccccc2)Cc2cnn(C)c2)cc1. The molecule has 1 aromatic heterocycles. The molecule has 7 nitrogen and oxygen atoms in total. The minimum Gasteiger partial charge on any atom is -0.491 e. The first-order valence-electron chi connectivity index (χ1n) is 13.8. The van der Waals surface area contributed by atoms with Crippen LogP contribution in [0.3, 0.4) is 0 Å². The Bertz CT molecular complexity index is 1260. The van der Waals surface area contributed by atoms with Crippen LogP contribution >= 0.6 is 0 Å². The number of carboxylic acids is 1. The molecule has 1 unspecified atom stereocenters. The number of quaternary nitrogens is 1. The average Bonchev–Trinajstić information content (AvgIpc) is 3.33. The van der Waals surface area contributed by atoms with Crippen LogP contribution in [0, 0.1) is 0 Å². The number of aryl methyl sites for hydroxylation is 1. The standard InChI is InChI=1S/C32H39N3O4/c1-3-4-19-38-20-21-39-30-15-12-28(13-16-30)31-17-14-29(32(36)37)11-8-18-35(31,24-26-9-6-5-7-10-26)25-27-22-33-34(2)23-27/h5-7,9-10,12-17,22-23H,3-4,8,11,18-21,24-25H2,1-2H3/p+1. The highest BCUT2D eigenvalue weighted by Crippen LogP contribution is 2.36. The first-order valence-corrected chi connectivity index (χ1v) is 13.8. The highest BCUT2D eigenvalue weighted by molar-refractivity contribution is 5.87. The molecule has 0 bridgehead atoms. The van der Waals surface area contributed by atoms with Crippen LogP contribution in [0.5, 0.6) is 5.75 Å². The summed E-state index contributed by atoms with van der Waals surface area (Å²) < 4.78 is 14.0. The monoisotopic (exact) mass is 530 g/mol. The summed E-state index contributed by atoms with van der Waals surface area (Å²) in [6.45, 7) is 6.31. The first-order chi connectivity index (χ1) is 19.0. The summed E-state index contributed by atoms with van der Waals surface area (Å²) in [5.41, 5.74) is 4.94. The highest BCUT2D eigenvalue weighted by Gasteiger charge is 2.36. The molecule has 7 heteroatoms. The third-order valence-corrected chi connectivity index (χ3v) is 7.12. The maximum atomic E-state index is 11.9. The number of unbranched alkanes of at least 4 members (excludes halogenated alkanes) is 1. The molecule has 0 radical (unpaired) electrons. The second-order valence-electron chi connectivity index (χ2n) is 10.2. The van der Waals surface area contributed by atoms with Crippen molar-refractivity contribution < 1.29 is 23.9 Å². The third-order valence-electron chi connectivity index (χ3n) is 7.12. The Balaban J connectivity index is 1.68. The molecule has 0 aliphatic carbocycles. The maximum Gasteiger partial charge on any atom is 0.331 e. The van der Waals surface area contributed by atoms with Gasteiger partial charge < -0.3 is 14.6 Å².